The Labute approximate surface area is 458 Å². The Hall–Kier alpha value is -7.66. The third-order valence-electron chi connectivity index (χ3n) is 11.3. The number of hydrogen-bond acceptors (Lipinski definition) is 9. The minimum absolute atomic E-state index is 0.0700. The third-order valence-corrected chi connectivity index (χ3v) is 12.4. The molecule has 9 aromatic rings. The molecule has 384 valence electrons. The van der Waals surface area contributed by atoms with Gasteiger partial charge in [-0.05, 0) is 161 Å². The van der Waals surface area contributed by atoms with Crippen molar-refractivity contribution >= 4 is 63.5 Å². The van der Waals surface area contributed by atoms with Crippen LogP contribution >= 0.6 is 46.4 Å². The first-order valence-corrected chi connectivity index (χ1v) is 25.5. The zero-order chi connectivity index (χ0) is 53.2. The van der Waals surface area contributed by atoms with Gasteiger partial charge in [0.05, 0.1) is 15.1 Å². The average molecular weight is 1080 g/mol. The van der Waals surface area contributed by atoms with E-state index in [1.807, 2.05) is 127 Å². The van der Waals surface area contributed by atoms with Crippen molar-refractivity contribution in [3.05, 3.63) is 254 Å². The predicted molar refractivity (Wildman–Crippen MR) is 308 cm³/mol. The quantitative estimate of drug-likeness (QED) is 0.0525. The first-order chi connectivity index (χ1) is 36.1. The molecule has 0 amide bonds. The first kappa shape index (κ1) is 55.1. The van der Waals surface area contributed by atoms with Crippen LogP contribution in [-0.2, 0) is 31.7 Å². The molecule has 0 heterocycles. The number of phenols is 3. The second kappa shape index (κ2) is 27.0. The summed E-state index contributed by atoms with van der Waals surface area (Å²) in [5.74, 6) is 4.16. The Morgan fingerprint density at radius 1 is 0.373 bits per heavy atom. The molecule has 0 aromatic heterocycles. The average Bonchev–Trinajstić information content (AvgIpc) is 3.41. The molecule has 0 bridgehead atoms. The van der Waals surface area contributed by atoms with Crippen LogP contribution in [0.5, 0.6) is 46.0 Å². The summed E-state index contributed by atoms with van der Waals surface area (Å²) < 4.78 is 17.6. The van der Waals surface area contributed by atoms with Crippen molar-refractivity contribution in [1.82, 2.24) is 0 Å². The summed E-state index contributed by atoms with van der Waals surface area (Å²) in [6.45, 7) is 9.01. The van der Waals surface area contributed by atoms with E-state index in [9.17, 15) is 15.3 Å². The molecule has 0 spiro atoms. The largest absolute Gasteiger partial charge is 0.506 e. The third kappa shape index (κ3) is 18.1. The van der Waals surface area contributed by atoms with E-state index in [0.29, 0.717) is 46.3 Å². The molecule has 0 saturated carbocycles. The molecule has 0 radical (unpaired) electrons. The minimum Gasteiger partial charge on any atom is -0.506 e. The van der Waals surface area contributed by atoms with Crippen molar-refractivity contribution in [2.75, 3.05) is 16.0 Å². The number of halogens is 4. The Morgan fingerprint density at radius 3 is 1.15 bits per heavy atom. The standard InChI is InChI=1S/C23H24ClNO2.C20H18ClNO2.C19H15Cl2NO2/c1-23(2,3)17-7-10-19(11-8-17)27-20-6-4-5-16(13-20)15-25-18-9-12-22(26)21(24)14-18;21-19-12-17(9-10-20(19)23)22-13-16-7-4-8-18(11-16)24-14-15-5-2-1-3-6-15;20-14-4-7-16(8-5-14)24-17-3-1-2-13(10-17)12-22-15-6-9-19(23)18(21)11-15/h4-14,25-26H,15H2,1-3H3;1-12,22-23H,13-14H2;1-11,22-23H,12H2. The van der Waals surface area contributed by atoms with E-state index in [1.54, 1.807) is 66.7 Å². The van der Waals surface area contributed by atoms with Crippen molar-refractivity contribution in [2.24, 2.45) is 0 Å². The van der Waals surface area contributed by atoms with Crippen molar-refractivity contribution in [2.45, 2.75) is 52.4 Å². The Bertz CT molecular complexity index is 3250. The number of anilines is 3. The highest BCUT2D eigenvalue weighted by atomic mass is 35.5. The number of hydrogen-bond donors (Lipinski definition) is 6. The van der Waals surface area contributed by atoms with Crippen molar-refractivity contribution in [1.29, 1.82) is 0 Å². The zero-order valence-electron chi connectivity index (χ0n) is 41.5. The van der Waals surface area contributed by atoms with Gasteiger partial charge < -0.3 is 45.5 Å². The number of benzene rings is 9. The molecule has 0 aliphatic rings. The van der Waals surface area contributed by atoms with Crippen molar-refractivity contribution < 1.29 is 29.5 Å². The summed E-state index contributed by atoms with van der Waals surface area (Å²) in [5.41, 5.74) is 8.33. The molecule has 13 heteroatoms. The van der Waals surface area contributed by atoms with Gasteiger partial charge in [-0.1, -0.05) is 146 Å². The van der Waals surface area contributed by atoms with Crippen molar-refractivity contribution in [3.8, 4) is 46.0 Å². The van der Waals surface area contributed by atoms with Crippen LogP contribution in [0.25, 0.3) is 0 Å². The van der Waals surface area contributed by atoms with Gasteiger partial charge in [0.1, 0.15) is 52.6 Å². The lowest BCUT2D eigenvalue weighted by Crippen LogP contribution is -2.10. The fraction of sp³-hybridized carbons (Fsp3) is 0.129. The van der Waals surface area contributed by atoms with Gasteiger partial charge in [-0.15, -0.1) is 0 Å². The molecule has 0 fully saturated rings. The molecule has 0 aliphatic heterocycles. The molecule has 9 rings (SSSR count). The summed E-state index contributed by atoms with van der Waals surface area (Å²) in [6, 6.07) is 64.4. The van der Waals surface area contributed by atoms with E-state index in [4.69, 9.17) is 60.6 Å². The maximum Gasteiger partial charge on any atom is 0.134 e. The van der Waals surface area contributed by atoms with Crippen molar-refractivity contribution in [3.63, 3.8) is 0 Å². The van der Waals surface area contributed by atoms with Gasteiger partial charge in [-0.25, -0.2) is 0 Å². The Balaban J connectivity index is 0.000000164. The number of rotatable bonds is 16. The topological polar surface area (TPSA) is 124 Å². The van der Waals surface area contributed by atoms with Crippen LogP contribution in [0.15, 0.2) is 206 Å². The predicted octanol–water partition coefficient (Wildman–Crippen LogP) is 18.1. The normalized spacial score (nSPS) is 10.7. The summed E-state index contributed by atoms with van der Waals surface area (Å²) in [6.07, 6.45) is 0. The summed E-state index contributed by atoms with van der Waals surface area (Å²) in [5, 5.41) is 39.9. The van der Waals surface area contributed by atoms with Gasteiger partial charge in [-0.3, -0.25) is 0 Å². The van der Waals surface area contributed by atoms with Crippen LogP contribution < -0.4 is 30.2 Å². The van der Waals surface area contributed by atoms with Gasteiger partial charge in [-0.2, -0.15) is 0 Å². The monoisotopic (exact) mass is 1080 g/mol. The highest BCUT2D eigenvalue weighted by molar-refractivity contribution is 6.33. The van der Waals surface area contributed by atoms with Gasteiger partial charge in [0.15, 0.2) is 0 Å². The van der Waals surface area contributed by atoms with E-state index >= 15 is 0 Å². The van der Waals surface area contributed by atoms with Crippen LogP contribution in [0, 0.1) is 0 Å². The summed E-state index contributed by atoms with van der Waals surface area (Å²) >= 11 is 23.6. The fourth-order valence-electron chi connectivity index (χ4n) is 7.18. The number of aromatic hydroxyl groups is 3. The number of nitrogens with one attached hydrogen (secondary N) is 3. The molecule has 0 aliphatic carbocycles. The molecule has 0 saturated heterocycles. The Kier molecular flexibility index (Phi) is 19.9. The van der Waals surface area contributed by atoms with Crippen LogP contribution in [0.3, 0.4) is 0 Å². The smallest absolute Gasteiger partial charge is 0.134 e. The van der Waals surface area contributed by atoms with E-state index in [0.717, 1.165) is 68.1 Å². The minimum atomic E-state index is 0.0700. The van der Waals surface area contributed by atoms with E-state index in [1.165, 1.54) is 5.56 Å². The maximum absolute atomic E-state index is 9.49. The van der Waals surface area contributed by atoms with Crippen LogP contribution in [0.1, 0.15) is 48.6 Å². The number of phenolic OH excluding ortho intramolecular Hbond substituents is 3. The molecular formula is C62H57Cl4N3O6. The van der Waals surface area contributed by atoms with Gasteiger partial charge in [0, 0.05) is 41.7 Å². The van der Waals surface area contributed by atoms with Crippen LogP contribution in [-0.4, -0.2) is 15.3 Å². The molecule has 0 atom stereocenters. The lowest BCUT2D eigenvalue weighted by molar-refractivity contribution is 0.306. The molecule has 6 N–H and O–H groups in total. The summed E-state index contributed by atoms with van der Waals surface area (Å²) in [7, 11) is 0. The van der Waals surface area contributed by atoms with E-state index in [2.05, 4.69) is 48.9 Å². The SMILES string of the molecule is CC(C)(C)c1ccc(Oc2cccc(CNc3ccc(O)c(Cl)c3)c2)cc1.Oc1ccc(NCc2cccc(OCc3ccccc3)c2)cc1Cl.Oc1ccc(NCc2cccc(Oc3ccc(Cl)cc3)c2)cc1Cl. The van der Waals surface area contributed by atoms with Gasteiger partial charge in [0.25, 0.3) is 0 Å². The maximum atomic E-state index is 9.49. The number of ether oxygens (including phenoxy) is 3. The van der Waals surface area contributed by atoms with E-state index < -0.39 is 0 Å². The second-order valence-electron chi connectivity index (χ2n) is 18.2. The summed E-state index contributed by atoms with van der Waals surface area (Å²) in [4.78, 5) is 0. The second-order valence-corrected chi connectivity index (χ2v) is 19.9. The molecular weight excluding hydrogens is 1020 g/mol. The first-order valence-electron chi connectivity index (χ1n) is 23.9. The fourth-order valence-corrected chi connectivity index (χ4v) is 7.85. The highest BCUT2D eigenvalue weighted by Crippen LogP contribution is 2.31. The lowest BCUT2D eigenvalue weighted by Gasteiger charge is -2.19. The van der Waals surface area contributed by atoms with Gasteiger partial charge in [0.2, 0.25) is 0 Å². The van der Waals surface area contributed by atoms with Crippen LogP contribution in [0.2, 0.25) is 20.1 Å². The molecule has 9 nitrogen and oxygen atoms in total. The van der Waals surface area contributed by atoms with E-state index in [-0.39, 0.29) is 22.7 Å². The Morgan fingerprint density at radius 2 is 0.747 bits per heavy atom. The molecule has 9 aromatic carbocycles. The lowest BCUT2D eigenvalue weighted by atomic mass is 9.87. The van der Waals surface area contributed by atoms with Crippen LogP contribution in [0.4, 0.5) is 17.1 Å². The van der Waals surface area contributed by atoms with Gasteiger partial charge >= 0.3 is 0 Å². The zero-order valence-corrected chi connectivity index (χ0v) is 44.6. The highest BCUT2D eigenvalue weighted by Gasteiger charge is 2.13. The molecule has 75 heavy (non-hydrogen) atoms. The molecule has 0 unspecified atom stereocenters.